The second-order valence-corrected chi connectivity index (χ2v) is 5.43. The van der Waals surface area contributed by atoms with Crippen LogP contribution in [0.2, 0.25) is 0 Å². The Morgan fingerprint density at radius 2 is 1.76 bits per heavy atom. The zero-order valence-corrected chi connectivity index (χ0v) is 12.5. The number of hydrogen-bond donors (Lipinski definition) is 2. The Labute approximate surface area is 125 Å². The summed E-state index contributed by atoms with van der Waals surface area (Å²) >= 11 is 0. The number of benzene rings is 1. The summed E-state index contributed by atoms with van der Waals surface area (Å²) in [6, 6.07) is 7.79. The van der Waals surface area contributed by atoms with Crippen molar-refractivity contribution in [2.75, 3.05) is 19.6 Å². The van der Waals surface area contributed by atoms with Crippen LogP contribution in [-0.4, -0.2) is 36.5 Å². The number of nitrogens with zero attached hydrogens (tertiary/aromatic N) is 1. The molecule has 21 heavy (non-hydrogen) atoms. The van der Waals surface area contributed by atoms with Crippen molar-refractivity contribution in [2.24, 2.45) is 0 Å². The molecule has 1 aliphatic heterocycles. The highest BCUT2D eigenvalue weighted by molar-refractivity contribution is 5.78. The molecular weight excluding hydrogens is 266 g/mol. The lowest BCUT2D eigenvalue weighted by Crippen LogP contribution is -2.38. The molecular formula is C16H23N3O2. The number of nitrogens with one attached hydrogen (secondary N) is 2. The zero-order chi connectivity index (χ0) is 15.1. The van der Waals surface area contributed by atoms with E-state index in [0.717, 1.165) is 31.5 Å². The van der Waals surface area contributed by atoms with Crippen LogP contribution in [0.15, 0.2) is 24.3 Å². The quantitative estimate of drug-likeness (QED) is 0.868. The Kier molecular flexibility index (Phi) is 5.60. The topological polar surface area (TPSA) is 61.4 Å². The third-order valence-electron chi connectivity index (χ3n) is 3.66. The Morgan fingerprint density at radius 3 is 2.43 bits per heavy atom. The number of carbonyl (C=O) groups excluding carboxylic acids is 2. The summed E-state index contributed by atoms with van der Waals surface area (Å²) < 4.78 is 0. The molecule has 2 N–H and O–H groups in total. The summed E-state index contributed by atoms with van der Waals surface area (Å²) in [5.74, 6) is 0.131. The summed E-state index contributed by atoms with van der Waals surface area (Å²) in [5, 5.41) is 5.51. The Balaban J connectivity index is 1.61. The van der Waals surface area contributed by atoms with E-state index in [4.69, 9.17) is 0 Å². The maximum atomic E-state index is 11.8. The smallest absolute Gasteiger partial charge is 0.315 e. The average molecular weight is 289 g/mol. The van der Waals surface area contributed by atoms with Gasteiger partial charge in [-0.1, -0.05) is 29.8 Å². The monoisotopic (exact) mass is 289 g/mol. The average Bonchev–Trinajstić information content (AvgIpc) is 3.01. The molecule has 2 rings (SSSR count). The first kappa shape index (κ1) is 15.4. The van der Waals surface area contributed by atoms with E-state index in [9.17, 15) is 9.59 Å². The second-order valence-electron chi connectivity index (χ2n) is 5.43. The molecule has 1 fully saturated rings. The van der Waals surface area contributed by atoms with Crippen molar-refractivity contribution in [3.8, 4) is 0 Å². The van der Waals surface area contributed by atoms with Gasteiger partial charge in [0.2, 0.25) is 5.91 Å². The van der Waals surface area contributed by atoms with Crippen LogP contribution < -0.4 is 10.6 Å². The molecule has 0 radical (unpaired) electrons. The number of rotatable bonds is 5. The predicted molar refractivity (Wildman–Crippen MR) is 81.8 cm³/mol. The molecule has 1 heterocycles. The van der Waals surface area contributed by atoms with Crippen molar-refractivity contribution in [1.29, 1.82) is 0 Å². The van der Waals surface area contributed by atoms with E-state index in [1.165, 1.54) is 5.56 Å². The largest absolute Gasteiger partial charge is 0.343 e. The van der Waals surface area contributed by atoms with Gasteiger partial charge in [0.1, 0.15) is 0 Å². The SMILES string of the molecule is Cc1ccc(CNC(=O)NCCC(=O)N2CCCC2)cc1. The van der Waals surface area contributed by atoms with Gasteiger partial charge < -0.3 is 15.5 Å². The Hall–Kier alpha value is -2.04. The van der Waals surface area contributed by atoms with Crippen LogP contribution in [0, 0.1) is 6.92 Å². The van der Waals surface area contributed by atoms with Gasteiger partial charge in [0.05, 0.1) is 0 Å². The molecule has 1 aliphatic rings. The van der Waals surface area contributed by atoms with Crippen LogP contribution >= 0.6 is 0 Å². The second kappa shape index (κ2) is 7.67. The first-order chi connectivity index (χ1) is 10.1. The fourth-order valence-electron chi connectivity index (χ4n) is 2.36. The summed E-state index contributed by atoms with van der Waals surface area (Å²) in [7, 11) is 0. The minimum absolute atomic E-state index is 0.131. The van der Waals surface area contributed by atoms with Crippen LogP contribution in [-0.2, 0) is 11.3 Å². The standard InChI is InChI=1S/C16H23N3O2/c1-13-4-6-14(7-5-13)12-18-16(21)17-9-8-15(20)19-10-2-3-11-19/h4-7H,2-3,8-12H2,1H3,(H2,17,18,21). The number of urea groups is 1. The van der Waals surface area contributed by atoms with Gasteiger partial charge in [0.25, 0.3) is 0 Å². The number of carbonyl (C=O) groups is 2. The maximum absolute atomic E-state index is 11.8. The van der Waals surface area contributed by atoms with Crippen LogP contribution in [0.1, 0.15) is 30.4 Å². The van der Waals surface area contributed by atoms with Crippen LogP contribution in [0.4, 0.5) is 4.79 Å². The van der Waals surface area contributed by atoms with Crippen molar-refractivity contribution in [1.82, 2.24) is 15.5 Å². The molecule has 0 spiro atoms. The normalized spacial score (nSPS) is 14.0. The molecule has 114 valence electrons. The number of likely N-dealkylation sites (tertiary alicyclic amines) is 1. The molecule has 1 saturated heterocycles. The van der Waals surface area contributed by atoms with Crippen LogP contribution in [0.3, 0.4) is 0 Å². The van der Waals surface area contributed by atoms with E-state index >= 15 is 0 Å². The molecule has 1 aromatic carbocycles. The van der Waals surface area contributed by atoms with E-state index in [0.29, 0.717) is 19.5 Å². The van der Waals surface area contributed by atoms with E-state index in [-0.39, 0.29) is 11.9 Å². The van der Waals surface area contributed by atoms with Crippen molar-refractivity contribution >= 4 is 11.9 Å². The van der Waals surface area contributed by atoms with E-state index in [1.807, 2.05) is 36.1 Å². The molecule has 5 nitrogen and oxygen atoms in total. The molecule has 5 heteroatoms. The lowest BCUT2D eigenvalue weighted by molar-refractivity contribution is -0.129. The van der Waals surface area contributed by atoms with Gasteiger partial charge in [-0.25, -0.2) is 4.79 Å². The van der Waals surface area contributed by atoms with Crippen LogP contribution in [0.5, 0.6) is 0 Å². The fraction of sp³-hybridized carbons (Fsp3) is 0.500. The Bertz CT molecular complexity index is 479. The Morgan fingerprint density at radius 1 is 1.10 bits per heavy atom. The maximum Gasteiger partial charge on any atom is 0.315 e. The molecule has 3 amide bonds. The molecule has 0 bridgehead atoms. The third-order valence-corrected chi connectivity index (χ3v) is 3.66. The summed E-state index contributed by atoms with van der Waals surface area (Å²) in [4.78, 5) is 25.3. The number of amides is 3. The summed E-state index contributed by atoms with van der Waals surface area (Å²) in [5.41, 5.74) is 2.26. The summed E-state index contributed by atoms with van der Waals surface area (Å²) in [6.45, 7) is 4.62. The van der Waals surface area contributed by atoms with Gasteiger partial charge in [-0.05, 0) is 25.3 Å². The van der Waals surface area contributed by atoms with Gasteiger partial charge in [-0.15, -0.1) is 0 Å². The first-order valence-electron chi connectivity index (χ1n) is 7.50. The van der Waals surface area contributed by atoms with E-state index < -0.39 is 0 Å². The van der Waals surface area contributed by atoms with E-state index in [1.54, 1.807) is 0 Å². The lowest BCUT2D eigenvalue weighted by Gasteiger charge is -2.15. The third kappa shape index (κ3) is 5.10. The minimum atomic E-state index is -0.232. The lowest BCUT2D eigenvalue weighted by atomic mass is 10.1. The highest BCUT2D eigenvalue weighted by Gasteiger charge is 2.17. The van der Waals surface area contributed by atoms with Gasteiger partial charge in [-0.2, -0.15) is 0 Å². The first-order valence-corrected chi connectivity index (χ1v) is 7.50. The predicted octanol–water partition coefficient (Wildman–Crippen LogP) is 1.81. The van der Waals surface area contributed by atoms with Crippen molar-refractivity contribution in [3.05, 3.63) is 35.4 Å². The number of hydrogen-bond acceptors (Lipinski definition) is 2. The van der Waals surface area contributed by atoms with Gasteiger partial charge in [-0.3, -0.25) is 4.79 Å². The molecule has 0 aliphatic carbocycles. The van der Waals surface area contributed by atoms with E-state index in [2.05, 4.69) is 10.6 Å². The molecule has 0 unspecified atom stereocenters. The van der Waals surface area contributed by atoms with Gasteiger partial charge in [0, 0.05) is 32.6 Å². The summed E-state index contributed by atoms with van der Waals surface area (Å²) in [6.07, 6.45) is 2.56. The van der Waals surface area contributed by atoms with Gasteiger partial charge >= 0.3 is 6.03 Å². The van der Waals surface area contributed by atoms with Crippen molar-refractivity contribution < 1.29 is 9.59 Å². The zero-order valence-electron chi connectivity index (χ0n) is 12.5. The highest BCUT2D eigenvalue weighted by Crippen LogP contribution is 2.08. The van der Waals surface area contributed by atoms with Crippen LogP contribution in [0.25, 0.3) is 0 Å². The fourth-order valence-corrected chi connectivity index (χ4v) is 2.36. The molecule has 0 atom stereocenters. The van der Waals surface area contributed by atoms with Crippen molar-refractivity contribution in [3.63, 3.8) is 0 Å². The van der Waals surface area contributed by atoms with Crippen molar-refractivity contribution in [2.45, 2.75) is 32.7 Å². The minimum Gasteiger partial charge on any atom is -0.343 e. The molecule has 0 aromatic heterocycles. The molecule has 0 saturated carbocycles. The number of aryl methyl sites for hydroxylation is 1. The highest BCUT2D eigenvalue weighted by atomic mass is 16.2. The molecule has 1 aromatic rings. The van der Waals surface area contributed by atoms with Gasteiger partial charge in [0.15, 0.2) is 0 Å².